The lowest BCUT2D eigenvalue weighted by atomic mass is 9.70. The molecule has 0 aromatic carbocycles. The van der Waals surface area contributed by atoms with Gasteiger partial charge in [0.15, 0.2) is 10.1 Å². The molecule has 2 aromatic rings. The van der Waals surface area contributed by atoms with Crippen LogP contribution in [-0.4, -0.2) is 21.2 Å². The average molecular weight is 554 g/mol. The van der Waals surface area contributed by atoms with Crippen LogP contribution in [0.5, 0.6) is 0 Å². The Bertz CT molecular complexity index is 1310. The van der Waals surface area contributed by atoms with Gasteiger partial charge in [0.1, 0.15) is 5.82 Å². The van der Waals surface area contributed by atoms with E-state index in [0.29, 0.717) is 40.2 Å². The number of thioether (sulfide) groups is 1. The standard InChI is InChI=1S/C28H35N5OS3/c1-27(2,3)21-12-11-20(36-21)22-17(15-29)24(30)33(18-13-28(4,5)14-19(34)23(18)22)25-31-32-26(37-25)35-16-9-7-6-8-10-16/h11-12,16,22H,6-10,13-14,30H2,1-5H3. The summed E-state index contributed by atoms with van der Waals surface area (Å²) < 4.78 is 0.923. The van der Waals surface area contributed by atoms with Crippen molar-refractivity contribution in [3.63, 3.8) is 0 Å². The van der Waals surface area contributed by atoms with E-state index in [-0.39, 0.29) is 16.6 Å². The Morgan fingerprint density at radius 1 is 1.14 bits per heavy atom. The third-order valence-corrected chi connectivity index (χ3v) is 11.3. The van der Waals surface area contributed by atoms with Gasteiger partial charge in [-0.05, 0) is 42.2 Å². The fraction of sp³-hybridized carbons (Fsp3) is 0.571. The van der Waals surface area contributed by atoms with E-state index in [0.717, 1.165) is 14.9 Å². The number of allylic oxidation sites excluding steroid dienone is 3. The lowest BCUT2D eigenvalue weighted by molar-refractivity contribution is -0.118. The molecule has 2 aromatic heterocycles. The number of thiophene rings is 1. The second-order valence-electron chi connectivity index (χ2n) is 12.2. The maximum Gasteiger partial charge on any atom is 0.219 e. The molecule has 5 rings (SSSR count). The average Bonchev–Trinajstić information content (AvgIpc) is 3.48. The fourth-order valence-corrected chi connectivity index (χ4v) is 9.16. The first-order valence-electron chi connectivity index (χ1n) is 13.0. The molecule has 1 saturated carbocycles. The molecule has 37 heavy (non-hydrogen) atoms. The van der Waals surface area contributed by atoms with Gasteiger partial charge in [-0.2, -0.15) is 5.26 Å². The summed E-state index contributed by atoms with van der Waals surface area (Å²) in [6, 6.07) is 6.57. The fourth-order valence-electron chi connectivity index (χ4n) is 5.59. The molecule has 0 radical (unpaired) electrons. The molecule has 0 spiro atoms. The Morgan fingerprint density at radius 3 is 2.51 bits per heavy atom. The zero-order valence-corrected chi connectivity index (χ0v) is 24.7. The Hall–Kier alpha value is -2.15. The van der Waals surface area contributed by atoms with Crippen LogP contribution in [0.4, 0.5) is 5.13 Å². The number of ketones is 1. The van der Waals surface area contributed by atoms with Crippen molar-refractivity contribution in [2.75, 3.05) is 4.90 Å². The summed E-state index contributed by atoms with van der Waals surface area (Å²) in [6.45, 7) is 10.8. The minimum absolute atomic E-state index is 0.0135. The van der Waals surface area contributed by atoms with Crippen LogP contribution in [0.1, 0.15) is 95.2 Å². The molecule has 6 nitrogen and oxygen atoms in total. The summed E-state index contributed by atoms with van der Waals surface area (Å²) in [5, 5.41) is 20.6. The third-order valence-electron chi connectivity index (χ3n) is 7.44. The van der Waals surface area contributed by atoms with Gasteiger partial charge in [0, 0.05) is 32.7 Å². The summed E-state index contributed by atoms with van der Waals surface area (Å²) in [7, 11) is 0. The van der Waals surface area contributed by atoms with E-state index in [1.807, 2.05) is 4.90 Å². The van der Waals surface area contributed by atoms with Gasteiger partial charge in [0.25, 0.3) is 0 Å². The SMILES string of the molecule is CC1(C)CC(=O)C2=C(C1)N(c1nnc(SC3CCCCC3)s1)C(N)=C(C#N)C2c1ccc(C(C)(C)C)s1. The van der Waals surface area contributed by atoms with Crippen LogP contribution in [0, 0.1) is 16.7 Å². The van der Waals surface area contributed by atoms with Crippen molar-refractivity contribution < 1.29 is 4.79 Å². The van der Waals surface area contributed by atoms with Crippen molar-refractivity contribution >= 4 is 45.4 Å². The molecule has 0 amide bonds. The van der Waals surface area contributed by atoms with Crippen molar-refractivity contribution in [3.05, 3.63) is 44.6 Å². The number of nitrogens with two attached hydrogens (primary N) is 1. The van der Waals surface area contributed by atoms with Crippen molar-refractivity contribution in [2.24, 2.45) is 11.1 Å². The highest BCUT2D eigenvalue weighted by Crippen LogP contribution is 2.52. The van der Waals surface area contributed by atoms with Gasteiger partial charge in [-0.25, -0.2) is 0 Å². The topological polar surface area (TPSA) is 95.9 Å². The molecule has 1 aliphatic heterocycles. The molecule has 196 valence electrons. The van der Waals surface area contributed by atoms with Gasteiger partial charge in [-0.3, -0.25) is 9.69 Å². The Kier molecular flexibility index (Phi) is 7.05. The lowest BCUT2D eigenvalue weighted by Gasteiger charge is -2.42. The van der Waals surface area contributed by atoms with E-state index in [1.165, 1.54) is 48.3 Å². The number of Topliss-reactive ketones (excluding diaryl/α,β-unsaturated/α-hetero) is 1. The van der Waals surface area contributed by atoms with Gasteiger partial charge >= 0.3 is 0 Å². The predicted octanol–water partition coefficient (Wildman–Crippen LogP) is 7.26. The number of aromatic nitrogens is 2. The number of nitriles is 1. The molecule has 1 unspecified atom stereocenters. The highest BCUT2D eigenvalue weighted by atomic mass is 32.2. The molecule has 0 saturated heterocycles. The number of hydrogen-bond donors (Lipinski definition) is 1. The summed E-state index contributed by atoms with van der Waals surface area (Å²) in [6.07, 6.45) is 7.41. The molecule has 1 fully saturated rings. The summed E-state index contributed by atoms with van der Waals surface area (Å²) >= 11 is 4.99. The number of hydrogen-bond acceptors (Lipinski definition) is 9. The molecule has 1 atom stereocenters. The summed E-state index contributed by atoms with van der Waals surface area (Å²) in [4.78, 5) is 17.8. The van der Waals surface area contributed by atoms with E-state index >= 15 is 0 Å². The molecular weight excluding hydrogens is 519 g/mol. The van der Waals surface area contributed by atoms with Crippen LogP contribution in [0.2, 0.25) is 0 Å². The smallest absolute Gasteiger partial charge is 0.219 e. The third kappa shape index (κ3) is 5.13. The first kappa shape index (κ1) is 26.5. The lowest BCUT2D eigenvalue weighted by Crippen LogP contribution is -2.42. The van der Waals surface area contributed by atoms with Crippen LogP contribution >= 0.6 is 34.4 Å². The Morgan fingerprint density at radius 2 is 1.86 bits per heavy atom. The zero-order valence-electron chi connectivity index (χ0n) is 22.3. The summed E-state index contributed by atoms with van der Waals surface area (Å²) in [5.74, 6) is 0.0197. The summed E-state index contributed by atoms with van der Waals surface area (Å²) in [5.41, 5.74) is 8.57. The molecule has 2 aliphatic carbocycles. The highest BCUT2D eigenvalue weighted by Gasteiger charge is 2.46. The Labute approximate surface area is 232 Å². The van der Waals surface area contributed by atoms with Crippen molar-refractivity contribution in [2.45, 2.75) is 100 Å². The molecule has 9 heteroatoms. The first-order chi connectivity index (χ1) is 17.5. The normalized spacial score (nSPS) is 22.9. The number of carbonyl (C=O) groups is 1. The van der Waals surface area contributed by atoms with Gasteiger partial charge in [0.2, 0.25) is 5.13 Å². The highest BCUT2D eigenvalue weighted by molar-refractivity contribution is 8.01. The van der Waals surface area contributed by atoms with Gasteiger partial charge in [-0.15, -0.1) is 21.5 Å². The van der Waals surface area contributed by atoms with Crippen LogP contribution in [-0.2, 0) is 10.2 Å². The number of carbonyl (C=O) groups excluding carboxylic acids is 1. The number of anilines is 1. The van der Waals surface area contributed by atoms with E-state index < -0.39 is 5.92 Å². The van der Waals surface area contributed by atoms with E-state index in [9.17, 15) is 10.1 Å². The molecule has 2 N–H and O–H groups in total. The Balaban J connectivity index is 1.60. The van der Waals surface area contributed by atoms with Crippen LogP contribution in [0.25, 0.3) is 0 Å². The van der Waals surface area contributed by atoms with Gasteiger partial charge in [-0.1, -0.05) is 77.0 Å². The van der Waals surface area contributed by atoms with E-state index in [4.69, 9.17) is 5.73 Å². The molecule has 0 bridgehead atoms. The van der Waals surface area contributed by atoms with Crippen molar-refractivity contribution in [1.29, 1.82) is 5.26 Å². The largest absolute Gasteiger partial charge is 0.384 e. The molecule has 3 heterocycles. The molecule has 3 aliphatic rings. The van der Waals surface area contributed by atoms with Crippen LogP contribution < -0.4 is 10.6 Å². The predicted molar refractivity (Wildman–Crippen MR) is 153 cm³/mol. The number of rotatable bonds is 4. The van der Waals surface area contributed by atoms with Gasteiger partial charge < -0.3 is 5.73 Å². The van der Waals surface area contributed by atoms with Crippen LogP contribution in [0.15, 0.2) is 39.1 Å². The van der Waals surface area contributed by atoms with Gasteiger partial charge in [0.05, 0.1) is 17.6 Å². The second-order valence-corrected chi connectivity index (χ2v) is 15.8. The van der Waals surface area contributed by atoms with E-state index in [2.05, 4.69) is 63.0 Å². The maximum atomic E-state index is 13.8. The molecular formula is C28H35N5OS3. The first-order valence-corrected chi connectivity index (χ1v) is 15.6. The maximum absolute atomic E-state index is 13.8. The second kappa shape index (κ2) is 9.87. The van der Waals surface area contributed by atoms with E-state index in [1.54, 1.807) is 23.1 Å². The quantitative estimate of drug-likeness (QED) is 0.425. The van der Waals surface area contributed by atoms with Crippen molar-refractivity contribution in [1.82, 2.24) is 10.2 Å². The number of nitrogens with zero attached hydrogens (tertiary/aromatic N) is 4. The van der Waals surface area contributed by atoms with Crippen LogP contribution in [0.3, 0.4) is 0 Å². The monoisotopic (exact) mass is 553 g/mol. The minimum Gasteiger partial charge on any atom is -0.384 e. The minimum atomic E-state index is -0.440. The zero-order chi connectivity index (χ0) is 26.5. The van der Waals surface area contributed by atoms with Crippen molar-refractivity contribution in [3.8, 4) is 6.07 Å².